The summed E-state index contributed by atoms with van der Waals surface area (Å²) in [5.41, 5.74) is 11.1. The average Bonchev–Trinajstić information content (AvgIpc) is 2.92. The second-order valence-electron chi connectivity index (χ2n) is 10.8. The van der Waals surface area contributed by atoms with Crippen LogP contribution >= 0.6 is 0 Å². The van der Waals surface area contributed by atoms with Crippen molar-refractivity contribution in [2.24, 2.45) is 0 Å². The molecule has 10 nitrogen and oxygen atoms in total. The fraction of sp³-hybridized carbons (Fsp3) is 0.414. The highest BCUT2D eigenvalue weighted by atomic mass is 16.6. The number of carbonyl (C=O) groups excluding carboxylic acids is 2. The van der Waals surface area contributed by atoms with Gasteiger partial charge >= 0.3 is 6.09 Å². The maximum atomic E-state index is 13.4. The summed E-state index contributed by atoms with van der Waals surface area (Å²) in [6.07, 6.45) is 5.55. The predicted molar refractivity (Wildman–Crippen MR) is 148 cm³/mol. The number of aromatic nitrogens is 3. The average molecular weight is 531 g/mol. The monoisotopic (exact) mass is 530 g/mol. The summed E-state index contributed by atoms with van der Waals surface area (Å²) in [4.78, 5) is 43.0. The van der Waals surface area contributed by atoms with Crippen molar-refractivity contribution in [3.8, 4) is 11.3 Å². The highest BCUT2D eigenvalue weighted by molar-refractivity contribution is 6.00. The quantitative estimate of drug-likeness (QED) is 0.492. The van der Waals surface area contributed by atoms with Gasteiger partial charge in [0.05, 0.1) is 25.1 Å². The van der Waals surface area contributed by atoms with Crippen LogP contribution in [0, 0.1) is 0 Å². The van der Waals surface area contributed by atoms with Gasteiger partial charge < -0.3 is 25.0 Å². The molecule has 3 aromatic rings. The van der Waals surface area contributed by atoms with Crippen LogP contribution in [0.3, 0.4) is 0 Å². The molecule has 0 bridgehead atoms. The van der Waals surface area contributed by atoms with Gasteiger partial charge in [0.2, 0.25) is 0 Å². The van der Waals surface area contributed by atoms with Gasteiger partial charge in [-0.05, 0) is 50.5 Å². The molecule has 0 atom stereocenters. The van der Waals surface area contributed by atoms with E-state index in [4.69, 9.17) is 15.2 Å². The third kappa shape index (κ3) is 6.17. The van der Waals surface area contributed by atoms with Gasteiger partial charge in [-0.15, -0.1) is 0 Å². The molecule has 0 radical (unpaired) electrons. The molecule has 0 spiro atoms. The summed E-state index contributed by atoms with van der Waals surface area (Å²) in [6, 6.07) is 7.90. The number of hydrogen-bond acceptors (Lipinski definition) is 9. The largest absolute Gasteiger partial charge is 0.444 e. The zero-order valence-electron chi connectivity index (χ0n) is 22.6. The highest BCUT2D eigenvalue weighted by Crippen LogP contribution is 2.28. The Balaban J connectivity index is 1.34. The summed E-state index contributed by atoms with van der Waals surface area (Å²) in [5.74, 6) is -0.109. The van der Waals surface area contributed by atoms with Gasteiger partial charge in [-0.3, -0.25) is 9.78 Å². The first-order chi connectivity index (χ1) is 18.7. The number of anilines is 2. The number of ketones is 1. The zero-order chi connectivity index (χ0) is 27.6. The van der Waals surface area contributed by atoms with Crippen LogP contribution in [0.4, 0.5) is 16.3 Å². The number of benzene rings is 1. The Morgan fingerprint density at radius 1 is 1.08 bits per heavy atom. The van der Waals surface area contributed by atoms with E-state index < -0.39 is 5.60 Å². The molecule has 204 valence electrons. The van der Waals surface area contributed by atoms with Crippen LogP contribution in [-0.2, 0) is 28.9 Å². The number of pyridine rings is 1. The molecule has 5 rings (SSSR count). The number of Topliss-reactive ketones (excluding diaryl/α,β-unsaturated/α-hetero) is 1. The number of nitrogens with two attached hydrogens (primary N) is 1. The van der Waals surface area contributed by atoms with E-state index in [9.17, 15) is 9.59 Å². The Morgan fingerprint density at radius 2 is 1.87 bits per heavy atom. The molecule has 2 aliphatic rings. The minimum Gasteiger partial charge on any atom is -0.444 e. The van der Waals surface area contributed by atoms with E-state index >= 15 is 0 Å². The number of fused-ring (bicyclic) bond motifs is 1. The van der Waals surface area contributed by atoms with E-state index in [1.54, 1.807) is 23.5 Å². The maximum Gasteiger partial charge on any atom is 0.410 e. The zero-order valence-corrected chi connectivity index (χ0v) is 22.6. The topological polar surface area (TPSA) is 124 Å². The summed E-state index contributed by atoms with van der Waals surface area (Å²) in [6.45, 7) is 9.46. The molecular formula is C29H34N6O4. The third-order valence-electron chi connectivity index (χ3n) is 6.81. The SMILES string of the molecule is CC(C)(C)OC(=O)N1CCc2cc(-c3cnc(N)c(C(=O)Cc4cnccc4N4CCOCC4)n3)ccc2C1. The van der Waals surface area contributed by atoms with Gasteiger partial charge in [-0.25, -0.2) is 14.8 Å². The minimum absolute atomic E-state index is 0.103. The van der Waals surface area contributed by atoms with Crippen LogP contribution in [0.5, 0.6) is 0 Å². The molecule has 1 aromatic carbocycles. The predicted octanol–water partition coefficient (Wildman–Crippen LogP) is 3.68. The van der Waals surface area contributed by atoms with Crippen molar-refractivity contribution in [3.05, 3.63) is 65.2 Å². The lowest BCUT2D eigenvalue weighted by Crippen LogP contribution is -2.39. The summed E-state index contributed by atoms with van der Waals surface area (Å²) >= 11 is 0. The molecule has 1 amide bonds. The van der Waals surface area contributed by atoms with Crippen LogP contribution in [0.15, 0.2) is 42.9 Å². The summed E-state index contributed by atoms with van der Waals surface area (Å²) in [5, 5.41) is 0. The highest BCUT2D eigenvalue weighted by Gasteiger charge is 2.26. The molecule has 10 heteroatoms. The lowest BCUT2D eigenvalue weighted by Gasteiger charge is -2.31. The minimum atomic E-state index is -0.536. The molecule has 1 saturated heterocycles. The smallest absolute Gasteiger partial charge is 0.410 e. The van der Waals surface area contributed by atoms with E-state index in [-0.39, 0.29) is 29.8 Å². The van der Waals surface area contributed by atoms with Crippen molar-refractivity contribution in [2.45, 2.75) is 45.8 Å². The fourth-order valence-corrected chi connectivity index (χ4v) is 4.86. The third-order valence-corrected chi connectivity index (χ3v) is 6.81. The number of amides is 1. The van der Waals surface area contributed by atoms with Crippen molar-refractivity contribution in [2.75, 3.05) is 43.5 Å². The maximum absolute atomic E-state index is 13.4. The van der Waals surface area contributed by atoms with Crippen molar-refractivity contribution in [3.63, 3.8) is 0 Å². The van der Waals surface area contributed by atoms with Gasteiger partial charge in [0, 0.05) is 61.8 Å². The second-order valence-corrected chi connectivity index (χ2v) is 10.8. The van der Waals surface area contributed by atoms with Crippen LogP contribution in [0.25, 0.3) is 11.3 Å². The summed E-state index contributed by atoms with van der Waals surface area (Å²) in [7, 11) is 0. The first-order valence-corrected chi connectivity index (χ1v) is 13.2. The molecule has 1 fully saturated rings. The number of carbonyl (C=O) groups is 2. The fourth-order valence-electron chi connectivity index (χ4n) is 4.86. The summed E-state index contributed by atoms with van der Waals surface area (Å²) < 4.78 is 11.0. The van der Waals surface area contributed by atoms with Crippen LogP contribution < -0.4 is 10.6 Å². The van der Waals surface area contributed by atoms with E-state index in [1.807, 2.05) is 45.0 Å². The number of morpholine rings is 1. The Kier molecular flexibility index (Phi) is 7.47. The molecule has 2 N–H and O–H groups in total. The number of nitrogens with zero attached hydrogens (tertiary/aromatic N) is 5. The van der Waals surface area contributed by atoms with E-state index in [0.717, 1.165) is 41.0 Å². The normalized spacial score (nSPS) is 15.6. The van der Waals surface area contributed by atoms with Crippen LogP contribution in [0.1, 0.15) is 48.0 Å². The van der Waals surface area contributed by atoms with Crippen LogP contribution in [0.2, 0.25) is 0 Å². The Morgan fingerprint density at radius 3 is 2.64 bits per heavy atom. The first kappa shape index (κ1) is 26.6. The lowest BCUT2D eigenvalue weighted by molar-refractivity contribution is 0.0224. The number of nitrogen functional groups attached to an aromatic ring is 1. The van der Waals surface area contributed by atoms with Crippen molar-refractivity contribution >= 4 is 23.4 Å². The standard InChI is InChI=1S/C29H34N6O4/c1-29(2,3)39-28(37)35-9-7-19-14-20(4-5-21(19)18-35)23-17-32-27(30)26(33-23)25(36)15-22-16-31-8-6-24(22)34-10-12-38-13-11-34/h4-6,8,14,16-17H,7,9-13,15,18H2,1-3H3,(H2,30,32). The van der Waals surface area contributed by atoms with Crippen molar-refractivity contribution < 1.29 is 19.1 Å². The lowest BCUT2D eigenvalue weighted by atomic mass is 9.96. The Labute approximate surface area is 228 Å². The molecule has 2 aromatic heterocycles. The van der Waals surface area contributed by atoms with Gasteiger partial charge in [0.25, 0.3) is 0 Å². The van der Waals surface area contributed by atoms with Gasteiger partial charge in [0.15, 0.2) is 11.6 Å². The van der Waals surface area contributed by atoms with Crippen molar-refractivity contribution in [1.82, 2.24) is 19.9 Å². The number of rotatable bonds is 5. The molecule has 0 saturated carbocycles. The van der Waals surface area contributed by atoms with Gasteiger partial charge in [-0.1, -0.05) is 12.1 Å². The first-order valence-electron chi connectivity index (χ1n) is 13.2. The molecule has 2 aliphatic heterocycles. The molecule has 0 unspecified atom stereocenters. The number of hydrogen-bond donors (Lipinski definition) is 1. The Bertz CT molecular complexity index is 1380. The van der Waals surface area contributed by atoms with Crippen LogP contribution in [-0.4, -0.2) is 70.2 Å². The second kappa shape index (κ2) is 11.0. The Hall–Kier alpha value is -4.05. The molecular weight excluding hydrogens is 496 g/mol. The molecule has 0 aliphatic carbocycles. The van der Waals surface area contributed by atoms with Gasteiger partial charge in [0.1, 0.15) is 11.3 Å². The van der Waals surface area contributed by atoms with E-state index in [0.29, 0.717) is 38.4 Å². The van der Waals surface area contributed by atoms with Gasteiger partial charge in [-0.2, -0.15) is 0 Å². The number of ether oxygens (including phenoxy) is 2. The van der Waals surface area contributed by atoms with E-state index in [1.165, 1.54) is 0 Å². The molecule has 4 heterocycles. The van der Waals surface area contributed by atoms with E-state index in [2.05, 4.69) is 19.9 Å². The molecule has 39 heavy (non-hydrogen) atoms. The van der Waals surface area contributed by atoms with Crippen molar-refractivity contribution in [1.29, 1.82) is 0 Å².